The van der Waals surface area contributed by atoms with Gasteiger partial charge in [0.15, 0.2) is 15.4 Å². The van der Waals surface area contributed by atoms with Crippen LogP contribution in [-0.2, 0) is 14.6 Å². The number of β-amino-alcohol motifs (C(OH)–C–C–N with tert-alkyl or cyclic N) is 1. The van der Waals surface area contributed by atoms with Crippen molar-refractivity contribution >= 4 is 15.8 Å². The molecule has 0 amide bonds. The monoisotopic (exact) mass is 251 g/mol. The average Bonchev–Trinajstić information content (AvgIpc) is 2.09. The fourth-order valence-electron chi connectivity index (χ4n) is 1.73. The van der Waals surface area contributed by atoms with Crippen molar-refractivity contribution in [2.45, 2.75) is 25.5 Å². The number of rotatable bonds is 3. The molecule has 1 rings (SSSR count). The van der Waals surface area contributed by atoms with Crippen LogP contribution in [0.4, 0.5) is 0 Å². The number of nitrogens with zero attached hydrogens (tertiary/aromatic N) is 1. The Morgan fingerprint density at radius 1 is 1.56 bits per heavy atom. The number of carbonyl (C=O) groups is 1. The van der Waals surface area contributed by atoms with Crippen LogP contribution in [0.5, 0.6) is 0 Å². The van der Waals surface area contributed by atoms with Crippen LogP contribution in [0.15, 0.2) is 0 Å². The van der Waals surface area contributed by atoms with Gasteiger partial charge in [0.25, 0.3) is 0 Å². The molecule has 16 heavy (non-hydrogen) atoms. The summed E-state index contributed by atoms with van der Waals surface area (Å²) in [6.07, 6.45) is 0. The summed E-state index contributed by atoms with van der Waals surface area (Å²) in [6.45, 7) is 3.14. The minimum Gasteiger partial charge on any atom is -0.479 e. The van der Waals surface area contributed by atoms with Crippen LogP contribution < -0.4 is 0 Å². The second kappa shape index (κ2) is 4.31. The lowest BCUT2D eigenvalue weighted by atomic mass is 10.1. The van der Waals surface area contributed by atoms with Crippen molar-refractivity contribution in [2.24, 2.45) is 0 Å². The van der Waals surface area contributed by atoms with E-state index in [0.717, 1.165) is 0 Å². The molecule has 1 fully saturated rings. The SMILES string of the molecule is CC1CS(=O)(=O)CCN1CC(C)(O)C(=O)O. The molecule has 2 atom stereocenters. The highest BCUT2D eigenvalue weighted by Crippen LogP contribution is 2.15. The Hall–Kier alpha value is -0.660. The Labute approximate surface area is 94.8 Å². The molecule has 0 aromatic carbocycles. The Morgan fingerprint density at radius 2 is 2.12 bits per heavy atom. The van der Waals surface area contributed by atoms with Crippen molar-refractivity contribution in [3.63, 3.8) is 0 Å². The summed E-state index contributed by atoms with van der Waals surface area (Å²) >= 11 is 0. The van der Waals surface area contributed by atoms with Gasteiger partial charge in [-0.2, -0.15) is 0 Å². The molecule has 6 nitrogen and oxygen atoms in total. The normalized spacial score (nSPS) is 29.6. The van der Waals surface area contributed by atoms with E-state index in [4.69, 9.17) is 5.11 Å². The number of aliphatic hydroxyl groups is 1. The molecule has 1 aliphatic rings. The van der Waals surface area contributed by atoms with Crippen LogP contribution >= 0.6 is 0 Å². The molecule has 0 radical (unpaired) electrons. The van der Waals surface area contributed by atoms with Crippen LogP contribution in [0.2, 0.25) is 0 Å². The molecule has 1 heterocycles. The minimum atomic E-state index is -3.01. The van der Waals surface area contributed by atoms with Crippen LogP contribution in [0.1, 0.15) is 13.8 Å². The summed E-state index contributed by atoms with van der Waals surface area (Å²) in [5.41, 5.74) is -1.84. The van der Waals surface area contributed by atoms with E-state index in [2.05, 4.69) is 0 Å². The van der Waals surface area contributed by atoms with Gasteiger partial charge in [-0.3, -0.25) is 4.90 Å². The molecule has 2 N–H and O–H groups in total. The standard InChI is InChI=1S/C9H17NO5S/c1-7-5-16(14,15)4-3-10(7)6-9(2,13)8(11)12/h7,13H,3-6H2,1-2H3,(H,11,12). The van der Waals surface area contributed by atoms with E-state index in [1.54, 1.807) is 11.8 Å². The van der Waals surface area contributed by atoms with Crippen molar-refractivity contribution < 1.29 is 23.4 Å². The lowest BCUT2D eigenvalue weighted by Crippen LogP contribution is -2.54. The summed E-state index contributed by atoms with van der Waals surface area (Å²) in [5.74, 6) is -1.26. The third-order valence-electron chi connectivity index (χ3n) is 2.78. The van der Waals surface area contributed by atoms with Crippen molar-refractivity contribution in [3.8, 4) is 0 Å². The first-order valence-corrected chi connectivity index (χ1v) is 6.86. The first kappa shape index (κ1) is 13.4. The molecular formula is C9H17NO5S. The van der Waals surface area contributed by atoms with Gasteiger partial charge in [0, 0.05) is 19.1 Å². The fraction of sp³-hybridized carbons (Fsp3) is 0.889. The van der Waals surface area contributed by atoms with Crippen LogP contribution in [0.25, 0.3) is 0 Å². The summed E-state index contributed by atoms with van der Waals surface area (Å²) in [7, 11) is -3.01. The third kappa shape index (κ3) is 3.16. The fourth-order valence-corrected chi connectivity index (χ4v) is 3.36. The third-order valence-corrected chi connectivity index (χ3v) is 4.57. The zero-order chi connectivity index (χ0) is 12.6. The van der Waals surface area contributed by atoms with Gasteiger partial charge in [-0.05, 0) is 13.8 Å². The molecule has 0 aromatic rings. The molecule has 1 aliphatic heterocycles. The van der Waals surface area contributed by atoms with Gasteiger partial charge in [0.2, 0.25) is 0 Å². The van der Waals surface area contributed by atoms with Crippen molar-refractivity contribution in [3.05, 3.63) is 0 Å². The quantitative estimate of drug-likeness (QED) is 0.664. The predicted octanol–water partition coefficient (Wildman–Crippen LogP) is -1.06. The lowest BCUT2D eigenvalue weighted by Gasteiger charge is -2.36. The Kier molecular flexibility index (Phi) is 3.61. The highest BCUT2D eigenvalue weighted by molar-refractivity contribution is 7.91. The molecule has 2 unspecified atom stereocenters. The van der Waals surface area contributed by atoms with Gasteiger partial charge in [-0.25, -0.2) is 13.2 Å². The van der Waals surface area contributed by atoms with E-state index >= 15 is 0 Å². The average molecular weight is 251 g/mol. The Morgan fingerprint density at radius 3 is 2.56 bits per heavy atom. The molecule has 0 saturated carbocycles. The highest BCUT2D eigenvalue weighted by atomic mass is 32.2. The van der Waals surface area contributed by atoms with Gasteiger partial charge < -0.3 is 10.2 Å². The van der Waals surface area contributed by atoms with E-state index < -0.39 is 21.4 Å². The van der Waals surface area contributed by atoms with E-state index in [-0.39, 0.29) is 30.6 Å². The number of hydrogen-bond acceptors (Lipinski definition) is 5. The molecule has 0 bridgehead atoms. The van der Waals surface area contributed by atoms with E-state index in [9.17, 15) is 18.3 Å². The second-order valence-electron chi connectivity index (χ2n) is 4.51. The number of aliphatic carboxylic acids is 1. The first-order chi connectivity index (χ1) is 7.14. The van der Waals surface area contributed by atoms with Crippen molar-refractivity contribution in [2.75, 3.05) is 24.6 Å². The maximum absolute atomic E-state index is 11.3. The lowest BCUT2D eigenvalue weighted by molar-refractivity contribution is -0.158. The summed E-state index contributed by atoms with van der Waals surface area (Å²) in [6, 6.07) is -0.260. The molecule has 0 aliphatic carbocycles. The smallest absolute Gasteiger partial charge is 0.336 e. The molecular weight excluding hydrogens is 234 g/mol. The molecule has 0 spiro atoms. The number of hydrogen-bond donors (Lipinski definition) is 2. The minimum absolute atomic E-state index is 0.0166. The zero-order valence-electron chi connectivity index (χ0n) is 9.38. The maximum atomic E-state index is 11.3. The van der Waals surface area contributed by atoms with Crippen LogP contribution in [0.3, 0.4) is 0 Å². The second-order valence-corrected chi connectivity index (χ2v) is 6.74. The van der Waals surface area contributed by atoms with Crippen molar-refractivity contribution in [1.29, 1.82) is 0 Å². The van der Waals surface area contributed by atoms with Gasteiger partial charge in [-0.15, -0.1) is 0 Å². The van der Waals surface area contributed by atoms with Gasteiger partial charge >= 0.3 is 5.97 Å². The zero-order valence-corrected chi connectivity index (χ0v) is 10.2. The van der Waals surface area contributed by atoms with Crippen molar-refractivity contribution in [1.82, 2.24) is 4.90 Å². The summed E-state index contributed by atoms with van der Waals surface area (Å²) in [5, 5.41) is 18.4. The topological polar surface area (TPSA) is 94.9 Å². The first-order valence-electron chi connectivity index (χ1n) is 5.04. The maximum Gasteiger partial charge on any atom is 0.336 e. The number of sulfone groups is 1. The molecule has 0 aromatic heterocycles. The van der Waals surface area contributed by atoms with E-state index in [1.165, 1.54) is 6.92 Å². The van der Waals surface area contributed by atoms with Gasteiger partial charge in [-0.1, -0.05) is 0 Å². The molecule has 94 valence electrons. The van der Waals surface area contributed by atoms with Crippen LogP contribution in [-0.4, -0.2) is 65.7 Å². The molecule has 1 saturated heterocycles. The number of carboxylic acid groups (broad SMARTS) is 1. The van der Waals surface area contributed by atoms with E-state index in [1.807, 2.05) is 0 Å². The van der Waals surface area contributed by atoms with Gasteiger partial charge in [0.05, 0.1) is 11.5 Å². The summed E-state index contributed by atoms with van der Waals surface area (Å²) in [4.78, 5) is 12.4. The highest BCUT2D eigenvalue weighted by Gasteiger charge is 2.37. The Bertz CT molecular complexity index is 375. The Balaban J connectivity index is 2.68. The summed E-state index contributed by atoms with van der Waals surface area (Å²) < 4.78 is 22.6. The molecule has 7 heteroatoms. The largest absolute Gasteiger partial charge is 0.479 e. The number of carboxylic acids is 1. The predicted molar refractivity (Wildman–Crippen MR) is 57.9 cm³/mol. The van der Waals surface area contributed by atoms with E-state index in [0.29, 0.717) is 0 Å². The van der Waals surface area contributed by atoms with Crippen LogP contribution in [0, 0.1) is 0 Å². The van der Waals surface area contributed by atoms with Gasteiger partial charge in [0.1, 0.15) is 0 Å².